The number of fused-ring (bicyclic) bond motifs is 1. The molecule has 42 heavy (non-hydrogen) atoms. The number of morpholine rings is 1. The molecule has 0 spiro atoms. The van der Waals surface area contributed by atoms with Gasteiger partial charge in [-0.25, -0.2) is 23.4 Å². The number of benzene rings is 1. The van der Waals surface area contributed by atoms with Gasteiger partial charge in [-0.15, -0.1) is 0 Å². The SMILES string of the molecule is Cc1c(N2CCN(C(=O)N(C)C)CC2)nc2cc(F)cc(F)c2c1N(C(=O)N(C)C)c1cncc(N2CCOCC2)c1. The molecule has 3 aromatic rings. The Labute approximate surface area is 243 Å². The summed E-state index contributed by atoms with van der Waals surface area (Å²) in [5.74, 6) is -1.10. The second-order valence-corrected chi connectivity index (χ2v) is 10.9. The van der Waals surface area contributed by atoms with Gasteiger partial charge in [0.15, 0.2) is 0 Å². The summed E-state index contributed by atoms with van der Waals surface area (Å²) in [6, 6.07) is 3.31. The summed E-state index contributed by atoms with van der Waals surface area (Å²) in [5.41, 5.74) is 2.14. The minimum atomic E-state index is -0.822. The van der Waals surface area contributed by atoms with Crippen LogP contribution in [0.15, 0.2) is 30.6 Å². The first-order valence-corrected chi connectivity index (χ1v) is 13.9. The maximum absolute atomic E-state index is 15.7. The molecule has 2 aliphatic rings. The van der Waals surface area contributed by atoms with Crippen LogP contribution in [0.4, 0.5) is 41.2 Å². The van der Waals surface area contributed by atoms with E-state index in [0.29, 0.717) is 69.6 Å². The van der Waals surface area contributed by atoms with Gasteiger partial charge in [-0.1, -0.05) is 0 Å². The van der Waals surface area contributed by atoms with Gasteiger partial charge < -0.3 is 29.2 Å². The fourth-order valence-electron chi connectivity index (χ4n) is 5.42. The molecule has 2 aromatic heterocycles. The molecule has 1 aromatic carbocycles. The van der Waals surface area contributed by atoms with Crippen molar-refractivity contribution in [1.29, 1.82) is 0 Å². The molecular formula is C29H36F2N8O3. The van der Waals surface area contributed by atoms with Gasteiger partial charge in [0.2, 0.25) is 0 Å². The summed E-state index contributed by atoms with van der Waals surface area (Å²) in [5, 5.41) is 0.0334. The van der Waals surface area contributed by atoms with Gasteiger partial charge >= 0.3 is 12.1 Å². The van der Waals surface area contributed by atoms with E-state index in [1.807, 2.05) is 11.0 Å². The largest absolute Gasteiger partial charge is 0.378 e. The Morgan fingerprint density at radius 1 is 0.881 bits per heavy atom. The van der Waals surface area contributed by atoms with Crippen molar-refractivity contribution in [2.45, 2.75) is 6.92 Å². The van der Waals surface area contributed by atoms with E-state index in [2.05, 4.69) is 9.88 Å². The summed E-state index contributed by atoms with van der Waals surface area (Å²) in [6.45, 7) is 6.11. The van der Waals surface area contributed by atoms with E-state index in [9.17, 15) is 14.0 Å². The zero-order chi connectivity index (χ0) is 30.1. The van der Waals surface area contributed by atoms with Crippen molar-refractivity contribution in [3.8, 4) is 0 Å². The lowest BCUT2D eigenvalue weighted by Gasteiger charge is -2.38. The van der Waals surface area contributed by atoms with Gasteiger partial charge in [-0.3, -0.25) is 9.88 Å². The molecule has 0 aliphatic carbocycles. The van der Waals surface area contributed by atoms with Crippen LogP contribution in [0.1, 0.15) is 5.56 Å². The van der Waals surface area contributed by atoms with E-state index in [1.165, 1.54) is 20.8 Å². The second kappa shape index (κ2) is 11.9. The number of carbonyl (C=O) groups is 2. The van der Waals surface area contributed by atoms with Gasteiger partial charge in [0.1, 0.15) is 17.5 Å². The highest BCUT2D eigenvalue weighted by atomic mass is 19.1. The minimum absolute atomic E-state index is 0.0334. The van der Waals surface area contributed by atoms with Crippen molar-refractivity contribution in [3.05, 3.63) is 47.8 Å². The highest BCUT2D eigenvalue weighted by Crippen LogP contribution is 2.41. The zero-order valence-corrected chi connectivity index (χ0v) is 24.6. The topological polar surface area (TPSA) is 88.6 Å². The van der Waals surface area contributed by atoms with E-state index in [4.69, 9.17) is 9.72 Å². The Balaban J connectivity index is 1.66. The first kappa shape index (κ1) is 29.2. The molecule has 0 N–H and O–H groups in total. The third kappa shape index (κ3) is 5.60. The summed E-state index contributed by atoms with van der Waals surface area (Å²) >= 11 is 0. The van der Waals surface area contributed by atoms with E-state index in [1.54, 1.807) is 52.4 Å². The number of urea groups is 2. The van der Waals surface area contributed by atoms with Gasteiger partial charge in [0.25, 0.3) is 0 Å². The normalized spacial score (nSPS) is 15.6. The number of rotatable bonds is 4. The predicted molar refractivity (Wildman–Crippen MR) is 158 cm³/mol. The third-order valence-electron chi connectivity index (χ3n) is 7.56. The van der Waals surface area contributed by atoms with Crippen molar-refractivity contribution in [2.24, 2.45) is 0 Å². The standard InChI is InChI=1S/C29H36F2N8O3/c1-19-26(39(29(41)35(4)5)22-16-21(17-32-18-22)36-10-12-42-13-11-36)25-23(31)14-20(30)15-24(25)33-27(19)37-6-8-38(9-7-37)28(40)34(2)3/h14-18H,6-13H2,1-5H3. The highest BCUT2D eigenvalue weighted by molar-refractivity contribution is 6.09. The summed E-state index contributed by atoms with van der Waals surface area (Å²) in [7, 11) is 6.65. The minimum Gasteiger partial charge on any atom is -0.378 e. The van der Waals surface area contributed by atoms with E-state index >= 15 is 4.39 Å². The number of pyridine rings is 2. The van der Waals surface area contributed by atoms with Crippen LogP contribution < -0.4 is 14.7 Å². The first-order valence-electron chi connectivity index (χ1n) is 13.9. The van der Waals surface area contributed by atoms with Crippen LogP contribution >= 0.6 is 0 Å². The number of hydrogen-bond donors (Lipinski definition) is 0. The van der Waals surface area contributed by atoms with Crippen molar-refractivity contribution in [1.82, 2.24) is 24.7 Å². The van der Waals surface area contributed by atoms with Crippen LogP contribution in [0.2, 0.25) is 0 Å². The number of piperazine rings is 1. The average molecular weight is 583 g/mol. The summed E-state index contributed by atoms with van der Waals surface area (Å²) in [6.07, 6.45) is 3.28. The first-order chi connectivity index (χ1) is 20.1. The molecule has 0 saturated carbocycles. The lowest BCUT2D eigenvalue weighted by molar-refractivity contribution is 0.122. The van der Waals surface area contributed by atoms with Crippen molar-refractivity contribution in [3.63, 3.8) is 0 Å². The Kier molecular flexibility index (Phi) is 8.30. The zero-order valence-electron chi connectivity index (χ0n) is 24.6. The number of hydrogen-bond acceptors (Lipinski definition) is 7. The number of anilines is 4. The second-order valence-electron chi connectivity index (χ2n) is 10.9. The van der Waals surface area contributed by atoms with E-state index in [0.717, 1.165) is 11.8 Å². The number of aromatic nitrogens is 2. The van der Waals surface area contributed by atoms with Crippen LogP contribution in [0.5, 0.6) is 0 Å². The third-order valence-corrected chi connectivity index (χ3v) is 7.56. The molecule has 11 nitrogen and oxygen atoms in total. The molecule has 4 heterocycles. The molecule has 13 heteroatoms. The Morgan fingerprint density at radius 3 is 2.21 bits per heavy atom. The molecule has 0 atom stereocenters. The van der Waals surface area contributed by atoms with Gasteiger partial charge in [0, 0.05) is 85.2 Å². The number of amides is 4. The molecule has 0 bridgehead atoms. The van der Waals surface area contributed by atoms with Crippen LogP contribution in [0.3, 0.4) is 0 Å². The Hall–Kier alpha value is -4.26. The average Bonchev–Trinajstić information content (AvgIpc) is 2.98. The molecule has 2 saturated heterocycles. The molecule has 0 unspecified atom stereocenters. The molecule has 0 radical (unpaired) electrons. The number of carbonyl (C=O) groups excluding carboxylic acids is 2. The van der Waals surface area contributed by atoms with Crippen LogP contribution in [0.25, 0.3) is 10.9 Å². The monoisotopic (exact) mass is 582 g/mol. The molecule has 2 aliphatic heterocycles. The molecule has 5 rings (SSSR count). The summed E-state index contributed by atoms with van der Waals surface area (Å²) < 4.78 is 35.7. The fraction of sp³-hybridized carbons (Fsp3) is 0.448. The molecule has 2 fully saturated rings. The molecule has 224 valence electrons. The molecule has 4 amide bonds. The number of ether oxygens (including phenoxy) is 1. The summed E-state index contributed by atoms with van der Waals surface area (Å²) in [4.78, 5) is 45.7. The highest BCUT2D eigenvalue weighted by Gasteiger charge is 2.31. The maximum Gasteiger partial charge on any atom is 0.328 e. The van der Waals surface area contributed by atoms with Crippen molar-refractivity contribution < 1.29 is 23.1 Å². The fourth-order valence-corrected chi connectivity index (χ4v) is 5.42. The van der Waals surface area contributed by atoms with Gasteiger partial charge in [-0.05, 0) is 13.0 Å². The van der Waals surface area contributed by atoms with E-state index in [-0.39, 0.29) is 22.6 Å². The van der Waals surface area contributed by atoms with Crippen molar-refractivity contribution >= 4 is 45.8 Å². The van der Waals surface area contributed by atoms with Gasteiger partial charge in [-0.2, -0.15) is 0 Å². The molecular weight excluding hydrogens is 546 g/mol. The van der Waals surface area contributed by atoms with Crippen LogP contribution in [0, 0.1) is 18.6 Å². The number of halogens is 2. The van der Waals surface area contributed by atoms with Crippen molar-refractivity contribution in [2.75, 3.05) is 95.4 Å². The lowest BCUT2D eigenvalue weighted by Crippen LogP contribution is -2.52. The van der Waals surface area contributed by atoms with Crippen LogP contribution in [-0.4, -0.2) is 117 Å². The predicted octanol–water partition coefficient (Wildman–Crippen LogP) is 3.68. The number of nitrogens with zero attached hydrogens (tertiary/aromatic N) is 8. The van der Waals surface area contributed by atoms with E-state index < -0.39 is 17.7 Å². The maximum atomic E-state index is 15.7. The van der Waals surface area contributed by atoms with Crippen LogP contribution in [-0.2, 0) is 4.74 Å². The lowest BCUT2D eigenvalue weighted by atomic mass is 10.1. The van der Waals surface area contributed by atoms with Gasteiger partial charge in [0.05, 0.1) is 53.6 Å². The Morgan fingerprint density at radius 2 is 1.57 bits per heavy atom. The smallest absolute Gasteiger partial charge is 0.328 e. The Bertz CT molecular complexity index is 1490. The quantitative estimate of drug-likeness (QED) is 0.464.